The number of ether oxygens (including phenoxy) is 2. The van der Waals surface area contributed by atoms with Gasteiger partial charge in [-0.25, -0.2) is 4.98 Å². The lowest BCUT2D eigenvalue weighted by atomic mass is 10.0. The molecule has 5 heteroatoms. The van der Waals surface area contributed by atoms with Crippen molar-refractivity contribution < 1.29 is 9.47 Å². The molecule has 0 bridgehead atoms. The van der Waals surface area contributed by atoms with E-state index in [1.807, 2.05) is 30.6 Å². The molecule has 0 saturated heterocycles. The van der Waals surface area contributed by atoms with Crippen molar-refractivity contribution >= 4 is 11.3 Å². The Morgan fingerprint density at radius 3 is 2.38 bits per heavy atom. The molecular weight excluding hydrogens is 284 g/mol. The summed E-state index contributed by atoms with van der Waals surface area (Å²) in [5.41, 5.74) is 3.96. The zero-order chi connectivity index (χ0) is 15.2. The molecule has 0 saturated carbocycles. The Bertz CT molecular complexity index is 561. The summed E-state index contributed by atoms with van der Waals surface area (Å²) in [5, 5.41) is 3.59. The highest BCUT2D eigenvalue weighted by Gasteiger charge is 2.24. The van der Waals surface area contributed by atoms with Crippen LogP contribution in [0.3, 0.4) is 0 Å². The molecule has 0 aliphatic carbocycles. The summed E-state index contributed by atoms with van der Waals surface area (Å²) in [6, 6.07) is 5.91. The van der Waals surface area contributed by atoms with Gasteiger partial charge in [0.25, 0.3) is 0 Å². The van der Waals surface area contributed by atoms with Crippen molar-refractivity contribution in [2.45, 2.75) is 26.3 Å². The molecule has 1 heterocycles. The molecule has 0 spiro atoms. The number of hydrogen-bond acceptors (Lipinski definition) is 5. The first-order chi connectivity index (χ1) is 10.2. The summed E-state index contributed by atoms with van der Waals surface area (Å²) in [6.45, 7) is 5.11. The maximum absolute atomic E-state index is 5.55. The van der Waals surface area contributed by atoms with E-state index < -0.39 is 0 Å². The van der Waals surface area contributed by atoms with Crippen LogP contribution in [0.1, 0.15) is 35.5 Å². The second kappa shape index (κ2) is 7.43. The predicted molar refractivity (Wildman–Crippen MR) is 86.5 cm³/mol. The van der Waals surface area contributed by atoms with Gasteiger partial charge in [0, 0.05) is 4.88 Å². The Morgan fingerprint density at radius 1 is 1.24 bits per heavy atom. The third-order valence-electron chi connectivity index (χ3n) is 3.40. The third kappa shape index (κ3) is 3.36. The van der Waals surface area contributed by atoms with Gasteiger partial charge in [-0.15, -0.1) is 11.3 Å². The van der Waals surface area contributed by atoms with Crippen LogP contribution in [0.2, 0.25) is 0 Å². The number of thiazole rings is 1. The van der Waals surface area contributed by atoms with Crippen molar-refractivity contribution in [2.75, 3.05) is 20.8 Å². The molecule has 4 nitrogen and oxygen atoms in total. The van der Waals surface area contributed by atoms with E-state index in [9.17, 15) is 0 Å². The van der Waals surface area contributed by atoms with Crippen molar-refractivity contribution in [2.24, 2.45) is 0 Å². The molecule has 0 aliphatic rings. The number of aromatic nitrogens is 1. The van der Waals surface area contributed by atoms with E-state index in [0.29, 0.717) is 0 Å². The lowest BCUT2D eigenvalue weighted by molar-refractivity contribution is 0.377. The average Bonchev–Trinajstić information content (AvgIpc) is 2.93. The molecule has 1 aromatic heterocycles. The normalized spacial score (nSPS) is 12.2. The number of nitrogens with zero attached hydrogens (tertiary/aromatic N) is 1. The predicted octanol–water partition coefficient (Wildman–Crippen LogP) is 3.56. The summed E-state index contributed by atoms with van der Waals surface area (Å²) in [4.78, 5) is 5.58. The topological polar surface area (TPSA) is 43.4 Å². The summed E-state index contributed by atoms with van der Waals surface area (Å²) >= 11 is 1.66. The van der Waals surface area contributed by atoms with Gasteiger partial charge in [-0.2, -0.15) is 0 Å². The van der Waals surface area contributed by atoms with Crippen molar-refractivity contribution in [3.8, 4) is 11.5 Å². The third-order valence-corrected chi connectivity index (χ3v) is 4.39. The van der Waals surface area contributed by atoms with Crippen LogP contribution in [-0.2, 0) is 0 Å². The van der Waals surface area contributed by atoms with Gasteiger partial charge in [0.15, 0.2) is 0 Å². The maximum Gasteiger partial charge on any atom is 0.127 e. The molecule has 1 N–H and O–H groups in total. The van der Waals surface area contributed by atoms with E-state index >= 15 is 0 Å². The van der Waals surface area contributed by atoms with Gasteiger partial charge in [0.1, 0.15) is 11.5 Å². The molecule has 2 rings (SSSR count). The van der Waals surface area contributed by atoms with Gasteiger partial charge in [-0.1, -0.05) is 13.0 Å². The lowest BCUT2D eigenvalue weighted by Gasteiger charge is -2.23. The molecule has 0 aliphatic heterocycles. The fourth-order valence-corrected chi connectivity index (χ4v) is 3.25. The second-order valence-electron chi connectivity index (χ2n) is 4.77. The van der Waals surface area contributed by atoms with Gasteiger partial charge < -0.3 is 14.8 Å². The highest BCUT2D eigenvalue weighted by molar-refractivity contribution is 7.09. The molecule has 114 valence electrons. The number of rotatable bonds is 7. The minimum atomic E-state index is 0.0311. The first-order valence-corrected chi connectivity index (χ1v) is 7.95. The molecule has 2 aromatic rings. The van der Waals surface area contributed by atoms with Crippen LogP contribution in [0, 0.1) is 6.92 Å². The smallest absolute Gasteiger partial charge is 0.127 e. The van der Waals surface area contributed by atoms with Crippen LogP contribution < -0.4 is 14.8 Å². The van der Waals surface area contributed by atoms with Crippen molar-refractivity contribution in [3.63, 3.8) is 0 Å². The molecule has 0 amide bonds. The Balaban J connectivity index is 2.53. The van der Waals surface area contributed by atoms with Crippen molar-refractivity contribution in [1.82, 2.24) is 10.3 Å². The SMILES string of the molecule is CCCNC(c1scnc1C)c1c(OC)cccc1OC. The Kier molecular flexibility index (Phi) is 5.59. The van der Waals surface area contributed by atoms with Crippen LogP contribution >= 0.6 is 11.3 Å². The molecule has 1 unspecified atom stereocenters. The van der Waals surface area contributed by atoms with E-state index in [0.717, 1.165) is 35.7 Å². The maximum atomic E-state index is 5.55. The highest BCUT2D eigenvalue weighted by Crippen LogP contribution is 2.39. The zero-order valence-electron chi connectivity index (χ0n) is 13.0. The minimum absolute atomic E-state index is 0.0311. The molecule has 0 radical (unpaired) electrons. The van der Waals surface area contributed by atoms with Gasteiger partial charge >= 0.3 is 0 Å². The monoisotopic (exact) mass is 306 g/mol. The van der Waals surface area contributed by atoms with Crippen molar-refractivity contribution in [1.29, 1.82) is 0 Å². The van der Waals surface area contributed by atoms with Crippen LogP contribution in [0.5, 0.6) is 11.5 Å². The zero-order valence-corrected chi connectivity index (χ0v) is 13.8. The van der Waals surface area contributed by atoms with E-state index in [4.69, 9.17) is 9.47 Å². The second-order valence-corrected chi connectivity index (χ2v) is 5.65. The van der Waals surface area contributed by atoms with E-state index in [2.05, 4.69) is 17.2 Å². The lowest BCUT2D eigenvalue weighted by Crippen LogP contribution is -2.24. The number of methoxy groups -OCH3 is 2. The minimum Gasteiger partial charge on any atom is -0.496 e. The number of benzene rings is 1. The molecule has 0 fully saturated rings. The van der Waals surface area contributed by atoms with Crippen LogP contribution in [0.25, 0.3) is 0 Å². The van der Waals surface area contributed by atoms with Gasteiger partial charge in [-0.3, -0.25) is 0 Å². The standard InChI is InChI=1S/C16H22N2O2S/c1-5-9-17-15(16-11(2)18-10-21-16)14-12(19-3)7-6-8-13(14)20-4/h6-8,10,15,17H,5,9H2,1-4H3. The molecule has 21 heavy (non-hydrogen) atoms. The Hall–Kier alpha value is -1.59. The van der Waals surface area contributed by atoms with Gasteiger partial charge in [-0.05, 0) is 32.0 Å². The summed E-state index contributed by atoms with van der Waals surface area (Å²) < 4.78 is 11.1. The van der Waals surface area contributed by atoms with Crippen molar-refractivity contribution in [3.05, 3.63) is 39.8 Å². The molecule has 1 aromatic carbocycles. The van der Waals surface area contributed by atoms with Gasteiger partial charge in [0.2, 0.25) is 0 Å². The van der Waals surface area contributed by atoms with Gasteiger partial charge in [0.05, 0.1) is 37.0 Å². The van der Waals surface area contributed by atoms with Crippen LogP contribution in [0.15, 0.2) is 23.7 Å². The summed E-state index contributed by atoms with van der Waals surface area (Å²) in [5.74, 6) is 1.66. The van der Waals surface area contributed by atoms with E-state index in [-0.39, 0.29) is 6.04 Å². The van der Waals surface area contributed by atoms with E-state index in [1.54, 1.807) is 25.6 Å². The number of aryl methyl sites for hydroxylation is 1. The highest BCUT2D eigenvalue weighted by atomic mass is 32.1. The van der Waals surface area contributed by atoms with Crippen LogP contribution in [0.4, 0.5) is 0 Å². The number of nitrogens with one attached hydrogen (secondary N) is 1. The average molecular weight is 306 g/mol. The Labute approximate surface area is 130 Å². The molecular formula is C16H22N2O2S. The molecule has 1 atom stereocenters. The fourth-order valence-electron chi connectivity index (χ4n) is 2.37. The summed E-state index contributed by atoms with van der Waals surface area (Å²) in [7, 11) is 3.38. The Morgan fingerprint density at radius 2 is 1.90 bits per heavy atom. The summed E-state index contributed by atoms with van der Waals surface area (Å²) in [6.07, 6.45) is 1.06. The largest absolute Gasteiger partial charge is 0.496 e. The van der Waals surface area contributed by atoms with E-state index in [1.165, 1.54) is 4.88 Å². The number of hydrogen-bond donors (Lipinski definition) is 1. The fraction of sp³-hybridized carbons (Fsp3) is 0.438. The first kappa shape index (κ1) is 15.8. The quantitative estimate of drug-likeness (QED) is 0.849. The first-order valence-electron chi connectivity index (χ1n) is 7.07. The van der Waals surface area contributed by atoms with Crippen LogP contribution in [-0.4, -0.2) is 25.7 Å².